The molecule has 1 atom stereocenters. The molecule has 1 N–H and O–H groups in total. The molecule has 0 aromatic carbocycles. The summed E-state index contributed by atoms with van der Waals surface area (Å²) in [6.07, 6.45) is 7.61. The Balaban J connectivity index is 2.25. The van der Waals surface area contributed by atoms with E-state index in [2.05, 4.69) is 15.3 Å². The summed E-state index contributed by atoms with van der Waals surface area (Å²) in [4.78, 5) is 4.58. The molecule has 100 valence electrons. The molecule has 0 saturated carbocycles. The largest absolute Gasteiger partial charge is 0.379 e. The number of hydrogen-bond acceptors (Lipinski definition) is 5. The first-order chi connectivity index (χ1) is 8.71. The summed E-state index contributed by atoms with van der Waals surface area (Å²) >= 11 is 0. The molecule has 1 aliphatic heterocycles. The maximum Gasteiger partial charge on any atom is 0.218 e. The second kappa shape index (κ2) is 7.73. The molecule has 1 heterocycles. The van der Waals surface area contributed by atoms with Crippen LogP contribution in [0.3, 0.4) is 0 Å². The molecule has 0 amide bonds. The van der Waals surface area contributed by atoms with Crippen LogP contribution < -0.4 is 5.32 Å². The minimum atomic E-state index is -0.622. The first-order valence-electron chi connectivity index (χ1n) is 5.73. The highest BCUT2D eigenvalue weighted by Gasteiger charge is 2.30. The van der Waals surface area contributed by atoms with E-state index in [9.17, 15) is 0 Å². The summed E-state index contributed by atoms with van der Waals surface area (Å²) in [6.45, 7) is 1.65. The first kappa shape index (κ1) is 14.5. The van der Waals surface area contributed by atoms with E-state index in [0.717, 1.165) is 0 Å². The van der Waals surface area contributed by atoms with Crippen LogP contribution in [-0.4, -0.2) is 51.2 Å². The van der Waals surface area contributed by atoms with Gasteiger partial charge in [-0.05, 0) is 31.8 Å². The first-order valence-corrected chi connectivity index (χ1v) is 5.73. The van der Waals surface area contributed by atoms with Crippen LogP contribution in [-0.2, 0) is 9.47 Å². The molecule has 0 aromatic heterocycles. The number of nitrogens with zero attached hydrogens (tertiary/aromatic N) is 4. The topological polar surface area (TPSA) is 82.5 Å². The van der Waals surface area contributed by atoms with Crippen LogP contribution in [0.2, 0.25) is 0 Å². The molecule has 0 radical (unpaired) electrons. The van der Waals surface area contributed by atoms with Crippen molar-refractivity contribution in [2.45, 2.75) is 5.85 Å². The van der Waals surface area contributed by atoms with Crippen LogP contribution >= 0.6 is 0 Å². The van der Waals surface area contributed by atoms with Gasteiger partial charge in [0.25, 0.3) is 0 Å². The molecule has 7 nitrogen and oxygen atoms in total. The van der Waals surface area contributed by atoms with Crippen molar-refractivity contribution in [2.24, 2.45) is 5.11 Å². The Bertz CT molecular complexity index is 349. The lowest BCUT2D eigenvalue weighted by Crippen LogP contribution is -2.55. The Morgan fingerprint density at radius 3 is 2.78 bits per heavy atom. The van der Waals surface area contributed by atoms with E-state index in [1.807, 2.05) is 43.4 Å². The van der Waals surface area contributed by atoms with Gasteiger partial charge in [-0.1, -0.05) is 11.2 Å². The standard InChI is InChI=1S/C11H19N5O2/c1-16(2)11(5-3-4-6-13-11)18-10-9-17-8-7-14-15-12/h3-6,13H,7-10H2,1-2H3. The summed E-state index contributed by atoms with van der Waals surface area (Å²) in [7, 11) is 3.86. The maximum atomic E-state index is 8.08. The highest BCUT2D eigenvalue weighted by molar-refractivity contribution is 5.15. The van der Waals surface area contributed by atoms with Crippen molar-refractivity contribution in [1.29, 1.82) is 0 Å². The molecule has 1 unspecified atom stereocenters. The fourth-order valence-corrected chi connectivity index (χ4v) is 1.46. The molecular weight excluding hydrogens is 234 g/mol. The van der Waals surface area contributed by atoms with Crippen LogP contribution in [0, 0.1) is 0 Å². The van der Waals surface area contributed by atoms with Crippen LogP contribution in [0.1, 0.15) is 0 Å². The highest BCUT2D eigenvalue weighted by Crippen LogP contribution is 2.15. The number of likely N-dealkylation sites (N-methyl/N-ethyl adjacent to an activating group) is 1. The number of rotatable bonds is 8. The Morgan fingerprint density at radius 1 is 1.33 bits per heavy atom. The zero-order valence-electron chi connectivity index (χ0n) is 10.7. The van der Waals surface area contributed by atoms with Gasteiger partial charge < -0.3 is 14.8 Å². The minimum absolute atomic E-state index is 0.343. The molecule has 1 rings (SSSR count). The number of allylic oxidation sites excluding steroid dienone is 2. The average molecular weight is 253 g/mol. The summed E-state index contributed by atoms with van der Waals surface area (Å²) in [6, 6.07) is 0. The van der Waals surface area contributed by atoms with Crippen molar-refractivity contribution < 1.29 is 9.47 Å². The predicted molar refractivity (Wildman–Crippen MR) is 68.6 cm³/mol. The molecule has 18 heavy (non-hydrogen) atoms. The van der Waals surface area contributed by atoms with Crippen LogP contribution in [0.25, 0.3) is 10.4 Å². The number of nitrogens with one attached hydrogen (secondary N) is 1. The fourth-order valence-electron chi connectivity index (χ4n) is 1.46. The smallest absolute Gasteiger partial charge is 0.218 e. The minimum Gasteiger partial charge on any atom is -0.379 e. The van der Waals surface area contributed by atoms with Crippen molar-refractivity contribution in [3.05, 3.63) is 34.9 Å². The SMILES string of the molecule is CN(C)C1(OCCOCCN=[N+]=[N-])C=CC=CN1. The Kier molecular flexibility index (Phi) is 6.24. The Labute approximate surface area is 107 Å². The number of ether oxygens (including phenoxy) is 2. The summed E-state index contributed by atoms with van der Waals surface area (Å²) < 4.78 is 11.1. The van der Waals surface area contributed by atoms with E-state index in [-0.39, 0.29) is 0 Å². The van der Waals surface area contributed by atoms with Crippen LogP contribution in [0.4, 0.5) is 0 Å². The summed E-state index contributed by atoms with van der Waals surface area (Å²) in [5.74, 6) is -0.622. The zero-order valence-corrected chi connectivity index (χ0v) is 10.7. The molecule has 7 heteroatoms. The van der Waals surface area contributed by atoms with E-state index in [1.165, 1.54) is 0 Å². The third kappa shape index (κ3) is 4.38. The Hall–Kier alpha value is -1.53. The number of azide groups is 1. The van der Waals surface area contributed by atoms with Crippen LogP contribution in [0.5, 0.6) is 0 Å². The van der Waals surface area contributed by atoms with Gasteiger partial charge in [-0.25, -0.2) is 0 Å². The summed E-state index contributed by atoms with van der Waals surface area (Å²) in [5.41, 5.74) is 8.08. The molecule has 0 spiro atoms. The Morgan fingerprint density at radius 2 is 2.17 bits per heavy atom. The van der Waals surface area contributed by atoms with Gasteiger partial charge in [-0.3, -0.25) is 4.90 Å². The predicted octanol–water partition coefficient (Wildman–Crippen LogP) is 1.22. The molecule has 0 aromatic rings. The third-order valence-electron chi connectivity index (χ3n) is 2.43. The van der Waals surface area contributed by atoms with Gasteiger partial charge in [0.15, 0.2) is 0 Å². The van der Waals surface area contributed by atoms with Crippen molar-refractivity contribution in [3.8, 4) is 0 Å². The molecule has 0 aliphatic carbocycles. The zero-order chi connectivity index (χ0) is 13.3. The second-order valence-corrected chi connectivity index (χ2v) is 3.87. The van der Waals surface area contributed by atoms with Crippen molar-refractivity contribution in [3.63, 3.8) is 0 Å². The fraction of sp³-hybridized carbons (Fsp3) is 0.636. The normalized spacial score (nSPS) is 21.7. The van der Waals surface area contributed by atoms with E-state index in [0.29, 0.717) is 26.4 Å². The molecule has 0 bridgehead atoms. The van der Waals surface area contributed by atoms with Gasteiger partial charge in [0, 0.05) is 17.7 Å². The van der Waals surface area contributed by atoms with Crippen molar-refractivity contribution in [2.75, 3.05) is 40.5 Å². The van der Waals surface area contributed by atoms with Crippen LogP contribution in [0.15, 0.2) is 29.5 Å². The molecule has 0 fully saturated rings. The van der Waals surface area contributed by atoms with Gasteiger partial charge in [0.2, 0.25) is 5.85 Å². The van der Waals surface area contributed by atoms with Gasteiger partial charge in [0.1, 0.15) is 0 Å². The lowest BCUT2D eigenvalue weighted by Gasteiger charge is -2.38. The van der Waals surface area contributed by atoms with E-state index >= 15 is 0 Å². The van der Waals surface area contributed by atoms with E-state index in [4.69, 9.17) is 15.0 Å². The van der Waals surface area contributed by atoms with Crippen molar-refractivity contribution >= 4 is 0 Å². The maximum absolute atomic E-state index is 8.08. The molecular formula is C11H19N5O2. The van der Waals surface area contributed by atoms with Gasteiger partial charge in [0.05, 0.1) is 19.8 Å². The van der Waals surface area contributed by atoms with Crippen molar-refractivity contribution in [1.82, 2.24) is 10.2 Å². The van der Waals surface area contributed by atoms with Gasteiger partial charge in [-0.2, -0.15) is 0 Å². The molecule has 1 aliphatic rings. The number of hydrogen-bond donors (Lipinski definition) is 1. The molecule has 0 saturated heterocycles. The van der Waals surface area contributed by atoms with E-state index in [1.54, 1.807) is 0 Å². The lowest BCUT2D eigenvalue weighted by atomic mass is 10.2. The monoisotopic (exact) mass is 253 g/mol. The van der Waals surface area contributed by atoms with Gasteiger partial charge >= 0.3 is 0 Å². The average Bonchev–Trinajstić information content (AvgIpc) is 2.38. The third-order valence-corrected chi connectivity index (χ3v) is 2.43. The number of dihydropyridines is 1. The van der Waals surface area contributed by atoms with Gasteiger partial charge in [-0.15, -0.1) is 0 Å². The highest BCUT2D eigenvalue weighted by atomic mass is 16.6. The lowest BCUT2D eigenvalue weighted by molar-refractivity contribution is -0.128. The second-order valence-electron chi connectivity index (χ2n) is 3.87. The van der Waals surface area contributed by atoms with E-state index < -0.39 is 5.85 Å². The summed E-state index contributed by atoms with van der Waals surface area (Å²) in [5, 5.41) is 6.53. The quantitative estimate of drug-likeness (QED) is 0.232.